The van der Waals surface area contributed by atoms with Crippen LogP contribution in [0.25, 0.3) is 0 Å². The summed E-state index contributed by atoms with van der Waals surface area (Å²) >= 11 is 1.48. The number of ether oxygens (including phenoxy) is 3. The number of nitrogens with one attached hydrogen (secondary N) is 1. The second-order valence-corrected chi connectivity index (χ2v) is 5.10. The lowest BCUT2D eigenvalue weighted by molar-refractivity contribution is 0.0543. The molecule has 1 N–H and O–H groups in total. The topological polar surface area (TPSA) is 65.5 Å². The molecule has 0 aromatic carbocycles. The molecule has 1 fully saturated rings. The van der Waals surface area contributed by atoms with Gasteiger partial charge in [-0.1, -0.05) is 11.3 Å². The Kier molecular flexibility index (Phi) is 5.79. The second kappa shape index (κ2) is 7.63. The number of aromatic nitrogens is 2. The van der Waals surface area contributed by atoms with E-state index in [4.69, 9.17) is 14.2 Å². The number of rotatable bonds is 10. The Morgan fingerprint density at radius 3 is 2.83 bits per heavy atom. The van der Waals surface area contributed by atoms with Crippen LogP contribution in [-0.4, -0.2) is 49.8 Å². The molecule has 0 amide bonds. The van der Waals surface area contributed by atoms with E-state index in [-0.39, 0.29) is 0 Å². The fraction of sp³-hybridized carbons (Fsp3) is 0.818. The highest BCUT2D eigenvalue weighted by molar-refractivity contribution is 7.13. The molecule has 6 nitrogen and oxygen atoms in total. The molecular formula is C11H19N3O3S. The summed E-state index contributed by atoms with van der Waals surface area (Å²) in [6.07, 6.45) is 2.56. The smallest absolute Gasteiger partial charge is 0.294 e. The molecule has 1 aliphatic rings. The van der Waals surface area contributed by atoms with E-state index >= 15 is 0 Å². The number of nitrogens with zero attached hydrogens (tertiary/aromatic N) is 2. The largest absolute Gasteiger partial charge is 0.466 e. The van der Waals surface area contributed by atoms with E-state index in [2.05, 4.69) is 15.5 Å². The highest BCUT2D eigenvalue weighted by atomic mass is 32.1. The standard InChI is InChI=1S/C11H19N3O3S/c1-15-4-5-16-6-7-17-11-14-13-10(18-11)8-12-9-2-3-9/h9,12H,2-8H2,1H3. The Morgan fingerprint density at radius 2 is 2.06 bits per heavy atom. The SMILES string of the molecule is COCCOCCOc1nnc(CNC2CC2)s1. The second-order valence-electron chi connectivity index (χ2n) is 4.07. The Morgan fingerprint density at radius 1 is 1.22 bits per heavy atom. The van der Waals surface area contributed by atoms with Gasteiger partial charge in [-0.25, -0.2) is 0 Å². The average Bonchev–Trinajstić information content (AvgIpc) is 3.11. The van der Waals surface area contributed by atoms with Gasteiger partial charge in [0.1, 0.15) is 11.6 Å². The first-order valence-electron chi connectivity index (χ1n) is 6.13. The third-order valence-electron chi connectivity index (χ3n) is 2.45. The van der Waals surface area contributed by atoms with Crippen molar-refractivity contribution in [1.82, 2.24) is 15.5 Å². The summed E-state index contributed by atoms with van der Waals surface area (Å²) in [5, 5.41) is 13.0. The van der Waals surface area contributed by atoms with Crippen molar-refractivity contribution in [2.24, 2.45) is 0 Å². The lowest BCUT2D eigenvalue weighted by atomic mass is 10.6. The minimum Gasteiger partial charge on any atom is -0.466 e. The van der Waals surface area contributed by atoms with Crippen molar-refractivity contribution in [3.05, 3.63) is 5.01 Å². The van der Waals surface area contributed by atoms with E-state index in [9.17, 15) is 0 Å². The van der Waals surface area contributed by atoms with E-state index in [1.54, 1.807) is 7.11 Å². The first kappa shape index (κ1) is 13.7. The fourth-order valence-electron chi connectivity index (χ4n) is 1.32. The van der Waals surface area contributed by atoms with Crippen molar-refractivity contribution < 1.29 is 14.2 Å². The van der Waals surface area contributed by atoms with E-state index in [0.717, 1.165) is 11.6 Å². The van der Waals surface area contributed by atoms with Crippen LogP contribution in [0.1, 0.15) is 17.8 Å². The predicted octanol–water partition coefficient (Wildman–Crippen LogP) is 0.832. The molecule has 0 aliphatic heterocycles. The molecule has 0 unspecified atom stereocenters. The van der Waals surface area contributed by atoms with Crippen LogP contribution < -0.4 is 10.1 Å². The van der Waals surface area contributed by atoms with Crippen molar-refractivity contribution in [1.29, 1.82) is 0 Å². The van der Waals surface area contributed by atoms with Crippen LogP contribution in [0.5, 0.6) is 5.19 Å². The Balaban J connectivity index is 1.54. The molecule has 0 spiro atoms. The van der Waals surface area contributed by atoms with Crippen molar-refractivity contribution >= 4 is 11.3 Å². The van der Waals surface area contributed by atoms with Crippen LogP contribution in [0, 0.1) is 0 Å². The Labute approximate surface area is 111 Å². The van der Waals surface area contributed by atoms with Gasteiger partial charge in [-0.05, 0) is 12.8 Å². The summed E-state index contributed by atoms with van der Waals surface area (Å²) < 4.78 is 15.6. The van der Waals surface area contributed by atoms with E-state index in [1.165, 1.54) is 24.2 Å². The van der Waals surface area contributed by atoms with Crippen LogP contribution in [0.2, 0.25) is 0 Å². The number of methoxy groups -OCH3 is 1. The van der Waals surface area contributed by atoms with Crippen LogP contribution in [0.3, 0.4) is 0 Å². The molecular weight excluding hydrogens is 254 g/mol. The third kappa shape index (κ3) is 5.26. The van der Waals surface area contributed by atoms with E-state index < -0.39 is 0 Å². The summed E-state index contributed by atoms with van der Waals surface area (Å²) in [6.45, 7) is 3.02. The van der Waals surface area contributed by atoms with Gasteiger partial charge in [-0.3, -0.25) is 0 Å². The predicted molar refractivity (Wildman–Crippen MR) is 68.0 cm³/mol. The first-order chi connectivity index (χ1) is 8.88. The molecule has 1 aromatic heterocycles. The van der Waals surface area contributed by atoms with Crippen molar-refractivity contribution in [3.8, 4) is 5.19 Å². The highest BCUT2D eigenvalue weighted by Gasteiger charge is 2.20. The van der Waals surface area contributed by atoms with Crippen molar-refractivity contribution in [2.75, 3.05) is 33.5 Å². The number of hydrogen-bond donors (Lipinski definition) is 1. The molecule has 18 heavy (non-hydrogen) atoms. The minimum absolute atomic E-state index is 0.494. The van der Waals surface area contributed by atoms with Gasteiger partial charge in [-0.15, -0.1) is 10.2 Å². The molecule has 102 valence electrons. The van der Waals surface area contributed by atoms with Crippen LogP contribution in [-0.2, 0) is 16.0 Å². The van der Waals surface area contributed by atoms with Gasteiger partial charge in [0, 0.05) is 13.2 Å². The molecule has 0 atom stereocenters. The lowest BCUT2D eigenvalue weighted by Crippen LogP contribution is -2.14. The normalized spacial score (nSPS) is 14.9. The lowest BCUT2D eigenvalue weighted by Gasteiger charge is -2.03. The molecule has 0 radical (unpaired) electrons. The van der Waals surface area contributed by atoms with Crippen LogP contribution in [0.4, 0.5) is 0 Å². The molecule has 1 heterocycles. The third-order valence-corrected chi connectivity index (χ3v) is 3.29. The molecule has 1 saturated carbocycles. The summed E-state index contributed by atoms with van der Waals surface area (Å²) in [4.78, 5) is 0. The monoisotopic (exact) mass is 273 g/mol. The van der Waals surface area contributed by atoms with Crippen LogP contribution in [0.15, 0.2) is 0 Å². The summed E-state index contributed by atoms with van der Waals surface area (Å²) in [5.74, 6) is 0. The molecule has 1 aromatic rings. The Bertz CT molecular complexity index is 344. The molecule has 0 saturated heterocycles. The molecule has 2 rings (SSSR count). The van der Waals surface area contributed by atoms with Gasteiger partial charge in [0.25, 0.3) is 5.19 Å². The fourth-order valence-corrected chi connectivity index (χ4v) is 1.98. The quantitative estimate of drug-likeness (QED) is 0.637. The maximum absolute atomic E-state index is 5.44. The van der Waals surface area contributed by atoms with Gasteiger partial charge >= 0.3 is 0 Å². The zero-order chi connectivity index (χ0) is 12.6. The zero-order valence-electron chi connectivity index (χ0n) is 10.6. The van der Waals surface area contributed by atoms with Gasteiger partial charge < -0.3 is 19.5 Å². The van der Waals surface area contributed by atoms with Gasteiger partial charge in [0.05, 0.1) is 26.4 Å². The summed E-state index contributed by atoms with van der Waals surface area (Å²) in [5.41, 5.74) is 0. The van der Waals surface area contributed by atoms with E-state index in [0.29, 0.717) is 37.7 Å². The average molecular weight is 273 g/mol. The molecule has 0 bridgehead atoms. The Hall–Kier alpha value is -0.760. The van der Waals surface area contributed by atoms with E-state index in [1.807, 2.05) is 0 Å². The van der Waals surface area contributed by atoms with Gasteiger partial charge in [0.2, 0.25) is 0 Å². The van der Waals surface area contributed by atoms with Crippen molar-refractivity contribution in [3.63, 3.8) is 0 Å². The first-order valence-corrected chi connectivity index (χ1v) is 6.95. The molecule has 7 heteroatoms. The maximum Gasteiger partial charge on any atom is 0.294 e. The van der Waals surface area contributed by atoms with Gasteiger partial charge in [0.15, 0.2) is 0 Å². The molecule has 1 aliphatic carbocycles. The highest BCUT2D eigenvalue weighted by Crippen LogP contribution is 2.21. The number of hydrogen-bond acceptors (Lipinski definition) is 7. The van der Waals surface area contributed by atoms with Crippen LogP contribution >= 0.6 is 11.3 Å². The van der Waals surface area contributed by atoms with Gasteiger partial charge in [-0.2, -0.15) is 0 Å². The summed E-state index contributed by atoms with van der Waals surface area (Å²) in [7, 11) is 1.65. The summed E-state index contributed by atoms with van der Waals surface area (Å²) in [6, 6.07) is 0.687. The maximum atomic E-state index is 5.44. The van der Waals surface area contributed by atoms with Crippen molar-refractivity contribution in [2.45, 2.75) is 25.4 Å². The minimum atomic E-state index is 0.494. The zero-order valence-corrected chi connectivity index (χ0v) is 11.4.